The number of H-pyrrole nitrogens is 1. The van der Waals surface area contributed by atoms with Gasteiger partial charge in [0.15, 0.2) is 0 Å². The minimum absolute atomic E-state index is 0.828. The van der Waals surface area contributed by atoms with Gasteiger partial charge in [0.2, 0.25) is 0 Å². The van der Waals surface area contributed by atoms with E-state index in [0.29, 0.717) is 0 Å². The van der Waals surface area contributed by atoms with E-state index in [9.17, 15) is 0 Å². The number of nitrogens with one attached hydrogen (secondary N) is 1. The van der Waals surface area contributed by atoms with E-state index < -0.39 is 0 Å². The first-order valence-electron chi connectivity index (χ1n) is 7.67. The summed E-state index contributed by atoms with van der Waals surface area (Å²) in [4.78, 5) is 8.63. The summed E-state index contributed by atoms with van der Waals surface area (Å²) in [5.41, 5.74) is 3.33. The van der Waals surface area contributed by atoms with Crippen LogP contribution in [-0.2, 0) is 5.75 Å². The number of hydrogen-bond donors (Lipinski definition) is 1. The van der Waals surface area contributed by atoms with Gasteiger partial charge < -0.3 is 9.40 Å². The van der Waals surface area contributed by atoms with E-state index >= 15 is 0 Å². The topological polar surface area (TPSA) is 41.8 Å². The number of furan rings is 1. The molecular formula is C20H15N2OS. The molecule has 24 heavy (non-hydrogen) atoms. The second-order valence-corrected chi connectivity index (χ2v) is 6.27. The van der Waals surface area contributed by atoms with Crippen LogP contribution in [0.1, 0.15) is 5.56 Å². The van der Waals surface area contributed by atoms with Gasteiger partial charge in [0.05, 0.1) is 6.26 Å². The van der Waals surface area contributed by atoms with Crippen molar-refractivity contribution in [2.24, 2.45) is 0 Å². The Morgan fingerprint density at radius 1 is 1.08 bits per heavy atom. The first-order valence-corrected chi connectivity index (χ1v) is 8.65. The van der Waals surface area contributed by atoms with Crippen LogP contribution in [0, 0.1) is 6.07 Å². The molecule has 4 heteroatoms. The Morgan fingerprint density at radius 2 is 2.00 bits per heavy atom. The van der Waals surface area contributed by atoms with E-state index in [0.717, 1.165) is 33.4 Å². The first kappa shape index (κ1) is 14.8. The summed E-state index contributed by atoms with van der Waals surface area (Å²) < 4.78 is 5.68. The van der Waals surface area contributed by atoms with Gasteiger partial charge in [0.25, 0.3) is 0 Å². The Kier molecular flexibility index (Phi) is 4.21. The van der Waals surface area contributed by atoms with Crippen molar-refractivity contribution < 1.29 is 4.42 Å². The molecule has 2 aromatic heterocycles. The highest BCUT2D eigenvalue weighted by molar-refractivity contribution is 7.98. The fraction of sp³-hybridized carbons (Fsp3) is 0.0500. The molecule has 4 rings (SSSR count). The van der Waals surface area contributed by atoms with Crippen molar-refractivity contribution in [2.75, 3.05) is 0 Å². The molecule has 0 saturated carbocycles. The maximum absolute atomic E-state index is 5.68. The van der Waals surface area contributed by atoms with E-state index in [1.165, 1.54) is 5.56 Å². The number of hydrogen-bond acceptors (Lipinski definition) is 3. The SMILES string of the molecule is [c]1ccc(-c2ncc[nH]2)c(-c2ccco2)c1SCc1ccccc1. The molecular weight excluding hydrogens is 316 g/mol. The number of benzene rings is 2. The zero-order valence-electron chi connectivity index (χ0n) is 12.9. The molecule has 4 aromatic rings. The average molecular weight is 331 g/mol. The lowest BCUT2D eigenvalue weighted by Gasteiger charge is -2.11. The van der Waals surface area contributed by atoms with Crippen molar-refractivity contribution in [2.45, 2.75) is 10.6 Å². The summed E-state index contributed by atoms with van der Waals surface area (Å²) in [6.07, 6.45) is 5.28. The van der Waals surface area contributed by atoms with Crippen LogP contribution in [0.5, 0.6) is 0 Å². The molecule has 3 nitrogen and oxygen atoms in total. The summed E-state index contributed by atoms with van der Waals surface area (Å²) in [6.45, 7) is 0. The van der Waals surface area contributed by atoms with Gasteiger partial charge in [0.1, 0.15) is 11.6 Å². The molecule has 0 aliphatic heterocycles. The molecule has 117 valence electrons. The Labute approximate surface area is 144 Å². The van der Waals surface area contributed by atoms with Crippen LogP contribution >= 0.6 is 11.8 Å². The third-order valence-corrected chi connectivity index (χ3v) is 4.80. The summed E-state index contributed by atoms with van der Waals surface area (Å²) >= 11 is 1.75. The van der Waals surface area contributed by atoms with Crippen LogP contribution in [0.4, 0.5) is 0 Å². The maximum atomic E-state index is 5.68. The van der Waals surface area contributed by atoms with Gasteiger partial charge in [-0.05, 0) is 29.8 Å². The Hall–Kier alpha value is -2.72. The zero-order valence-corrected chi connectivity index (χ0v) is 13.7. The molecule has 0 fully saturated rings. The third-order valence-electron chi connectivity index (χ3n) is 3.71. The second-order valence-electron chi connectivity index (χ2n) is 5.28. The third kappa shape index (κ3) is 3.01. The average Bonchev–Trinajstić information content (AvgIpc) is 3.34. The van der Waals surface area contributed by atoms with Gasteiger partial charge in [-0.15, -0.1) is 11.8 Å². The van der Waals surface area contributed by atoms with Gasteiger partial charge >= 0.3 is 0 Å². The van der Waals surface area contributed by atoms with Crippen LogP contribution < -0.4 is 0 Å². The predicted molar refractivity (Wildman–Crippen MR) is 96.6 cm³/mol. The lowest BCUT2D eigenvalue weighted by atomic mass is 10.0. The van der Waals surface area contributed by atoms with E-state index in [1.54, 1.807) is 24.2 Å². The highest BCUT2D eigenvalue weighted by Crippen LogP contribution is 2.39. The molecule has 0 saturated heterocycles. The van der Waals surface area contributed by atoms with Crippen LogP contribution in [-0.4, -0.2) is 9.97 Å². The number of nitrogens with zero attached hydrogens (tertiary/aromatic N) is 1. The summed E-state index contributed by atoms with van der Waals surface area (Å²) in [6, 6.07) is 21.6. The molecule has 0 amide bonds. The van der Waals surface area contributed by atoms with Crippen molar-refractivity contribution in [3.05, 3.63) is 84.9 Å². The molecule has 0 aliphatic rings. The van der Waals surface area contributed by atoms with Gasteiger partial charge in [-0.25, -0.2) is 4.98 Å². The highest BCUT2D eigenvalue weighted by Gasteiger charge is 2.16. The first-order chi connectivity index (χ1) is 11.9. The van der Waals surface area contributed by atoms with E-state index in [1.807, 2.05) is 36.5 Å². The quantitative estimate of drug-likeness (QED) is 0.496. The van der Waals surface area contributed by atoms with Crippen molar-refractivity contribution in [1.29, 1.82) is 0 Å². The van der Waals surface area contributed by atoms with Crippen molar-refractivity contribution >= 4 is 11.8 Å². The van der Waals surface area contributed by atoms with Gasteiger partial charge in [0, 0.05) is 34.2 Å². The summed E-state index contributed by atoms with van der Waals surface area (Å²) in [5.74, 6) is 2.54. The fourth-order valence-electron chi connectivity index (χ4n) is 2.60. The van der Waals surface area contributed by atoms with Gasteiger partial charge in [-0.1, -0.05) is 36.4 Å². The van der Waals surface area contributed by atoms with Crippen LogP contribution in [0.15, 0.2) is 82.6 Å². The molecule has 0 unspecified atom stereocenters. The minimum atomic E-state index is 0.828. The highest BCUT2D eigenvalue weighted by atomic mass is 32.2. The lowest BCUT2D eigenvalue weighted by molar-refractivity contribution is 0.581. The molecule has 2 heterocycles. The molecule has 0 spiro atoms. The standard InChI is InChI=1S/C20H15N2OS/c1-2-6-15(7-3-1)14-24-18-10-4-8-16(20-21-11-12-22-20)19(18)17-9-5-13-23-17/h1-9,11-13H,14H2,(H,21,22). The lowest BCUT2D eigenvalue weighted by Crippen LogP contribution is -1.90. The normalized spacial score (nSPS) is 10.8. The number of rotatable bonds is 5. The molecule has 1 radical (unpaired) electrons. The Bertz CT molecular complexity index is 900. The summed E-state index contributed by atoms with van der Waals surface area (Å²) in [7, 11) is 0. The van der Waals surface area contributed by atoms with Crippen molar-refractivity contribution in [1.82, 2.24) is 9.97 Å². The second kappa shape index (κ2) is 6.81. The van der Waals surface area contributed by atoms with Gasteiger partial charge in [-0.3, -0.25) is 0 Å². The number of aromatic nitrogens is 2. The van der Waals surface area contributed by atoms with E-state index in [-0.39, 0.29) is 0 Å². The monoisotopic (exact) mass is 331 g/mol. The maximum Gasteiger partial charge on any atom is 0.138 e. The molecule has 0 bridgehead atoms. The summed E-state index contributed by atoms with van der Waals surface area (Å²) in [5, 5.41) is 0. The molecule has 1 N–H and O–H groups in total. The fourth-order valence-corrected chi connectivity index (χ4v) is 3.61. The van der Waals surface area contributed by atoms with E-state index in [4.69, 9.17) is 4.42 Å². The van der Waals surface area contributed by atoms with Crippen LogP contribution in [0.3, 0.4) is 0 Å². The number of aromatic amines is 1. The Morgan fingerprint density at radius 3 is 2.75 bits per heavy atom. The number of imidazole rings is 1. The smallest absolute Gasteiger partial charge is 0.138 e. The largest absolute Gasteiger partial charge is 0.464 e. The number of thioether (sulfide) groups is 1. The van der Waals surface area contributed by atoms with Gasteiger partial charge in [-0.2, -0.15) is 0 Å². The molecule has 0 aliphatic carbocycles. The van der Waals surface area contributed by atoms with Crippen LogP contribution in [0.25, 0.3) is 22.7 Å². The van der Waals surface area contributed by atoms with Crippen molar-refractivity contribution in [3.8, 4) is 22.7 Å². The van der Waals surface area contributed by atoms with E-state index in [2.05, 4.69) is 40.3 Å². The zero-order chi connectivity index (χ0) is 16.2. The van der Waals surface area contributed by atoms with Crippen LogP contribution in [0.2, 0.25) is 0 Å². The molecule has 2 aromatic carbocycles. The predicted octanol–water partition coefficient (Wildman–Crippen LogP) is 5.43. The molecule has 0 atom stereocenters. The minimum Gasteiger partial charge on any atom is -0.464 e. The Balaban J connectivity index is 1.75. The van der Waals surface area contributed by atoms with Crippen molar-refractivity contribution in [3.63, 3.8) is 0 Å².